The van der Waals surface area contributed by atoms with Crippen molar-refractivity contribution in [2.75, 3.05) is 19.6 Å². The first-order valence-corrected chi connectivity index (χ1v) is 6.62. The summed E-state index contributed by atoms with van der Waals surface area (Å²) in [5.74, 6) is -1.72. The fourth-order valence-corrected chi connectivity index (χ4v) is 3.02. The molecule has 1 amide bonds. The quantitative estimate of drug-likeness (QED) is 0.885. The van der Waals surface area contributed by atoms with E-state index in [4.69, 9.17) is 0 Å². The van der Waals surface area contributed by atoms with Crippen molar-refractivity contribution in [1.82, 2.24) is 10.2 Å². The SMILES string of the molecule is O=C(NC1CN2CCC1CC2)c1ccc(F)c(F)c1. The van der Waals surface area contributed by atoms with Gasteiger partial charge in [0.2, 0.25) is 0 Å². The first-order valence-electron chi connectivity index (χ1n) is 6.62. The minimum Gasteiger partial charge on any atom is -0.348 e. The molecule has 0 spiro atoms. The number of carbonyl (C=O) groups is 1. The molecule has 0 radical (unpaired) electrons. The molecule has 1 unspecified atom stereocenters. The van der Waals surface area contributed by atoms with Crippen LogP contribution >= 0.6 is 0 Å². The lowest BCUT2D eigenvalue weighted by Gasteiger charge is -2.44. The molecular weight excluding hydrogens is 250 g/mol. The lowest BCUT2D eigenvalue weighted by molar-refractivity contribution is 0.0620. The zero-order valence-electron chi connectivity index (χ0n) is 10.5. The molecule has 0 aliphatic carbocycles. The van der Waals surface area contributed by atoms with Crippen LogP contribution in [0.5, 0.6) is 0 Å². The molecule has 1 aromatic rings. The van der Waals surface area contributed by atoms with Crippen molar-refractivity contribution >= 4 is 5.91 Å². The molecule has 1 aromatic carbocycles. The maximum atomic E-state index is 13.1. The molecule has 5 heteroatoms. The van der Waals surface area contributed by atoms with Gasteiger partial charge in [-0.25, -0.2) is 8.78 Å². The predicted octanol–water partition coefficient (Wildman–Crippen LogP) is 1.79. The number of rotatable bonds is 2. The van der Waals surface area contributed by atoms with E-state index in [1.807, 2.05) is 0 Å². The van der Waals surface area contributed by atoms with Gasteiger partial charge in [-0.2, -0.15) is 0 Å². The number of carbonyl (C=O) groups excluding carboxylic acids is 1. The first-order chi connectivity index (χ1) is 9.13. The highest BCUT2D eigenvalue weighted by Crippen LogP contribution is 2.27. The van der Waals surface area contributed by atoms with E-state index in [2.05, 4.69) is 10.2 Å². The Bertz CT molecular complexity index is 498. The highest BCUT2D eigenvalue weighted by Gasteiger charge is 2.34. The Labute approximate surface area is 110 Å². The molecular formula is C14H16F2N2O. The van der Waals surface area contributed by atoms with Crippen LogP contribution in [-0.4, -0.2) is 36.5 Å². The van der Waals surface area contributed by atoms with E-state index in [9.17, 15) is 13.6 Å². The van der Waals surface area contributed by atoms with E-state index in [0.717, 1.165) is 44.6 Å². The lowest BCUT2D eigenvalue weighted by atomic mass is 9.84. The third-order valence-electron chi connectivity index (χ3n) is 4.15. The number of halogens is 2. The summed E-state index contributed by atoms with van der Waals surface area (Å²) in [4.78, 5) is 14.4. The average molecular weight is 266 g/mol. The largest absolute Gasteiger partial charge is 0.348 e. The summed E-state index contributed by atoms with van der Waals surface area (Å²) in [7, 11) is 0. The third-order valence-corrected chi connectivity index (χ3v) is 4.15. The second-order valence-corrected chi connectivity index (χ2v) is 5.35. The van der Waals surface area contributed by atoms with Crippen molar-refractivity contribution in [1.29, 1.82) is 0 Å². The molecule has 102 valence electrons. The predicted molar refractivity (Wildman–Crippen MR) is 66.8 cm³/mol. The maximum absolute atomic E-state index is 13.1. The highest BCUT2D eigenvalue weighted by atomic mass is 19.2. The fraction of sp³-hybridized carbons (Fsp3) is 0.500. The summed E-state index contributed by atoms with van der Waals surface area (Å²) < 4.78 is 25.9. The number of nitrogens with one attached hydrogen (secondary N) is 1. The summed E-state index contributed by atoms with van der Waals surface area (Å²) in [6, 6.07) is 3.38. The van der Waals surface area contributed by atoms with Crippen molar-refractivity contribution in [3.63, 3.8) is 0 Å². The number of amides is 1. The molecule has 0 saturated carbocycles. The molecule has 3 saturated heterocycles. The van der Waals surface area contributed by atoms with E-state index in [1.54, 1.807) is 0 Å². The summed E-state index contributed by atoms with van der Waals surface area (Å²) in [6.45, 7) is 3.06. The van der Waals surface area contributed by atoms with E-state index < -0.39 is 11.6 Å². The van der Waals surface area contributed by atoms with Crippen LogP contribution in [0, 0.1) is 17.6 Å². The zero-order chi connectivity index (χ0) is 13.4. The van der Waals surface area contributed by atoms with Gasteiger partial charge in [0.05, 0.1) is 0 Å². The first kappa shape index (κ1) is 12.5. The van der Waals surface area contributed by atoms with Crippen molar-refractivity contribution in [2.45, 2.75) is 18.9 Å². The zero-order valence-corrected chi connectivity index (χ0v) is 10.5. The molecule has 3 nitrogen and oxygen atoms in total. The third kappa shape index (κ3) is 2.47. The van der Waals surface area contributed by atoms with Crippen LogP contribution in [0.15, 0.2) is 18.2 Å². The molecule has 4 rings (SSSR count). The Morgan fingerprint density at radius 1 is 1.21 bits per heavy atom. The van der Waals surface area contributed by atoms with Gasteiger partial charge < -0.3 is 10.2 Å². The summed E-state index contributed by atoms with van der Waals surface area (Å²) in [5.41, 5.74) is 0.176. The molecule has 3 aliphatic heterocycles. The van der Waals surface area contributed by atoms with Gasteiger partial charge in [0, 0.05) is 18.2 Å². The van der Waals surface area contributed by atoms with E-state index >= 15 is 0 Å². The van der Waals surface area contributed by atoms with Crippen molar-refractivity contribution in [3.05, 3.63) is 35.4 Å². The smallest absolute Gasteiger partial charge is 0.251 e. The van der Waals surface area contributed by atoms with Crippen molar-refractivity contribution in [2.24, 2.45) is 5.92 Å². The van der Waals surface area contributed by atoms with Crippen molar-refractivity contribution in [3.8, 4) is 0 Å². The molecule has 3 aliphatic rings. The second kappa shape index (κ2) is 4.89. The number of hydrogen-bond donors (Lipinski definition) is 1. The Hall–Kier alpha value is -1.49. The van der Waals surface area contributed by atoms with Crippen LogP contribution in [0.1, 0.15) is 23.2 Å². The minimum atomic E-state index is -0.985. The van der Waals surface area contributed by atoms with Crippen LogP contribution in [0.3, 0.4) is 0 Å². The molecule has 2 bridgehead atoms. The lowest BCUT2D eigenvalue weighted by Crippen LogP contribution is -2.57. The molecule has 3 fully saturated rings. The van der Waals surface area contributed by atoms with Gasteiger partial charge in [-0.1, -0.05) is 0 Å². The molecule has 3 heterocycles. The summed E-state index contributed by atoms with van der Waals surface area (Å²) in [5, 5.41) is 2.94. The Kier molecular flexibility index (Phi) is 3.22. The molecule has 1 atom stereocenters. The van der Waals surface area contributed by atoms with Gasteiger partial charge in [-0.15, -0.1) is 0 Å². The van der Waals surface area contributed by atoms with Gasteiger partial charge in [0.25, 0.3) is 5.91 Å². The van der Waals surface area contributed by atoms with Gasteiger partial charge in [-0.3, -0.25) is 4.79 Å². The van der Waals surface area contributed by atoms with E-state index in [1.165, 1.54) is 6.07 Å². The number of piperidine rings is 3. The monoisotopic (exact) mass is 266 g/mol. The normalized spacial score (nSPS) is 29.3. The van der Waals surface area contributed by atoms with Crippen LogP contribution < -0.4 is 5.32 Å². The van der Waals surface area contributed by atoms with Crippen LogP contribution in [-0.2, 0) is 0 Å². The molecule has 0 aromatic heterocycles. The number of nitrogens with zero attached hydrogens (tertiary/aromatic N) is 1. The summed E-state index contributed by atoms with van der Waals surface area (Å²) in [6.07, 6.45) is 2.20. The van der Waals surface area contributed by atoms with Gasteiger partial charge in [-0.05, 0) is 50.0 Å². The summed E-state index contributed by atoms with van der Waals surface area (Å²) >= 11 is 0. The Balaban J connectivity index is 1.69. The number of benzene rings is 1. The highest BCUT2D eigenvalue weighted by molar-refractivity contribution is 5.94. The Morgan fingerprint density at radius 2 is 1.95 bits per heavy atom. The topological polar surface area (TPSA) is 32.3 Å². The second-order valence-electron chi connectivity index (χ2n) is 5.35. The number of hydrogen-bond acceptors (Lipinski definition) is 2. The van der Waals surface area contributed by atoms with E-state index in [-0.39, 0.29) is 17.5 Å². The molecule has 1 N–H and O–H groups in total. The van der Waals surface area contributed by atoms with Crippen LogP contribution in [0.25, 0.3) is 0 Å². The van der Waals surface area contributed by atoms with Crippen molar-refractivity contribution < 1.29 is 13.6 Å². The number of fused-ring (bicyclic) bond motifs is 3. The molecule has 19 heavy (non-hydrogen) atoms. The van der Waals surface area contributed by atoms with Crippen LogP contribution in [0.4, 0.5) is 8.78 Å². The van der Waals surface area contributed by atoms with Crippen LogP contribution in [0.2, 0.25) is 0 Å². The fourth-order valence-electron chi connectivity index (χ4n) is 3.02. The van der Waals surface area contributed by atoms with Gasteiger partial charge in [0.15, 0.2) is 11.6 Å². The van der Waals surface area contributed by atoms with Gasteiger partial charge >= 0.3 is 0 Å². The van der Waals surface area contributed by atoms with Gasteiger partial charge in [0.1, 0.15) is 0 Å². The average Bonchev–Trinajstić information content (AvgIpc) is 2.43. The van der Waals surface area contributed by atoms with E-state index in [0.29, 0.717) is 5.92 Å². The Morgan fingerprint density at radius 3 is 2.53 bits per heavy atom. The standard InChI is InChI=1S/C14H16F2N2O/c15-11-2-1-10(7-12(11)16)14(19)17-13-8-18-5-3-9(13)4-6-18/h1-2,7,9,13H,3-6,8H2,(H,17,19). The maximum Gasteiger partial charge on any atom is 0.251 e. The minimum absolute atomic E-state index is 0.128.